The predicted molar refractivity (Wildman–Crippen MR) is 63.1 cm³/mol. The van der Waals surface area contributed by atoms with Crippen LogP contribution >= 0.6 is 0 Å². The first-order chi connectivity index (χ1) is 7.45. The second-order valence-corrected chi connectivity index (χ2v) is 3.50. The van der Waals surface area contributed by atoms with Crippen LogP contribution in [0, 0.1) is 0 Å². The van der Waals surface area contributed by atoms with Crippen molar-refractivity contribution in [2.45, 2.75) is 0 Å². The Bertz CT molecular complexity index is 530. The first kappa shape index (κ1) is 8.24. The lowest BCUT2D eigenvalue weighted by molar-refractivity contribution is 1.36. The van der Waals surface area contributed by atoms with Gasteiger partial charge in [-0.25, -0.2) is 0 Å². The van der Waals surface area contributed by atoms with E-state index in [1.165, 1.54) is 11.1 Å². The number of hydrogen-bond donors (Lipinski definition) is 1. The summed E-state index contributed by atoms with van der Waals surface area (Å²) in [5, 5.41) is 4.18. The average molecular weight is 194 g/mol. The molecule has 1 aliphatic heterocycles. The van der Waals surface area contributed by atoms with Crippen molar-refractivity contribution in [3.05, 3.63) is 54.1 Å². The highest BCUT2D eigenvalue weighted by Crippen LogP contribution is 2.31. The molecule has 0 atom stereocenters. The molecule has 0 saturated carbocycles. The van der Waals surface area contributed by atoms with Crippen molar-refractivity contribution >= 4 is 11.9 Å². The normalized spacial score (nSPS) is 12.3. The van der Waals surface area contributed by atoms with Crippen LogP contribution in [0.2, 0.25) is 0 Å². The van der Waals surface area contributed by atoms with Gasteiger partial charge in [0.05, 0.1) is 11.9 Å². The summed E-state index contributed by atoms with van der Waals surface area (Å²) >= 11 is 0. The van der Waals surface area contributed by atoms with Crippen molar-refractivity contribution in [2.24, 2.45) is 5.10 Å². The minimum Gasteiger partial charge on any atom is -0.278 e. The summed E-state index contributed by atoms with van der Waals surface area (Å²) in [7, 11) is 0. The Morgan fingerprint density at radius 2 is 1.53 bits per heavy atom. The molecule has 0 spiro atoms. The Labute approximate surface area is 88.3 Å². The SMILES string of the molecule is C1=NNc2ccccc2-c2ccccc21. The van der Waals surface area contributed by atoms with Crippen molar-refractivity contribution in [2.75, 3.05) is 5.43 Å². The van der Waals surface area contributed by atoms with Crippen LogP contribution in [-0.4, -0.2) is 6.21 Å². The first-order valence-corrected chi connectivity index (χ1v) is 4.93. The van der Waals surface area contributed by atoms with E-state index in [1.807, 2.05) is 30.5 Å². The molecule has 2 aromatic rings. The van der Waals surface area contributed by atoms with E-state index >= 15 is 0 Å². The van der Waals surface area contributed by atoms with Gasteiger partial charge < -0.3 is 0 Å². The van der Waals surface area contributed by atoms with Gasteiger partial charge >= 0.3 is 0 Å². The van der Waals surface area contributed by atoms with Crippen molar-refractivity contribution in [1.82, 2.24) is 0 Å². The van der Waals surface area contributed by atoms with Crippen LogP contribution in [0.15, 0.2) is 53.6 Å². The van der Waals surface area contributed by atoms with Crippen LogP contribution in [0.3, 0.4) is 0 Å². The number of fused-ring (bicyclic) bond motifs is 3. The van der Waals surface area contributed by atoms with Gasteiger partial charge in [0.15, 0.2) is 0 Å². The summed E-state index contributed by atoms with van der Waals surface area (Å²) in [6, 6.07) is 16.5. The van der Waals surface area contributed by atoms with Gasteiger partial charge in [0.1, 0.15) is 0 Å². The van der Waals surface area contributed by atoms with Crippen LogP contribution in [0.4, 0.5) is 5.69 Å². The summed E-state index contributed by atoms with van der Waals surface area (Å²) in [4.78, 5) is 0. The molecular weight excluding hydrogens is 184 g/mol. The topological polar surface area (TPSA) is 24.4 Å². The summed E-state index contributed by atoms with van der Waals surface area (Å²) in [6.07, 6.45) is 1.86. The maximum atomic E-state index is 4.18. The third-order valence-electron chi connectivity index (χ3n) is 2.57. The Kier molecular flexibility index (Phi) is 1.78. The molecule has 1 N–H and O–H groups in total. The summed E-state index contributed by atoms with van der Waals surface area (Å²) in [6.45, 7) is 0. The number of para-hydroxylation sites is 1. The molecule has 0 unspecified atom stereocenters. The fraction of sp³-hybridized carbons (Fsp3) is 0. The highest BCUT2D eigenvalue weighted by Gasteiger charge is 2.09. The predicted octanol–water partition coefficient (Wildman–Crippen LogP) is 3.11. The molecule has 15 heavy (non-hydrogen) atoms. The average Bonchev–Trinajstić information content (AvgIpc) is 2.48. The van der Waals surface area contributed by atoms with E-state index in [2.05, 4.69) is 34.8 Å². The lowest BCUT2D eigenvalue weighted by Gasteiger charge is -2.07. The molecule has 2 nitrogen and oxygen atoms in total. The lowest BCUT2D eigenvalue weighted by atomic mass is 9.99. The number of rotatable bonds is 0. The minimum absolute atomic E-state index is 1.05. The van der Waals surface area contributed by atoms with Gasteiger partial charge in [0.2, 0.25) is 0 Å². The van der Waals surface area contributed by atoms with Crippen LogP contribution in [0.1, 0.15) is 5.56 Å². The smallest absolute Gasteiger partial charge is 0.0640 e. The van der Waals surface area contributed by atoms with E-state index in [1.54, 1.807) is 0 Å². The molecule has 0 fully saturated rings. The van der Waals surface area contributed by atoms with Crippen molar-refractivity contribution in [1.29, 1.82) is 0 Å². The largest absolute Gasteiger partial charge is 0.278 e. The van der Waals surface area contributed by atoms with Crippen molar-refractivity contribution in [3.8, 4) is 11.1 Å². The zero-order valence-corrected chi connectivity index (χ0v) is 8.14. The minimum atomic E-state index is 1.05. The van der Waals surface area contributed by atoms with E-state index in [9.17, 15) is 0 Å². The number of nitrogens with zero attached hydrogens (tertiary/aromatic N) is 1. The Morgan fingerprint density at radius 1 is 0.800 bits per heavy atom. The van der Waals surface area contributed by atoms with Crippen molar-refractivity contribution < 1.29 is 0 Å². The van der Waals surface area contributed by atoms with Crippen LogP contribution in [0.25, 0.3) is 11.1 Å². The molecule has 1 aliphatic rings. The van der Waals surface area contributed by atoms with Gasteiger partial charge in [-0.05, 0) is 11.6 Å². The maximum Gasteiger partial charge on any atom is 0.0640 e. The molecule has 0 saturated heterocycles. The van der Waals surface area contributed by atoms with E-state index in [0.29, 0.717) is 0 Å². The molecular formula is C13H10N2. The molecule has 2 heteroatoms. The molecule has 72 valence electrons. The quantitative estimate of drug-likeness (QED) is 0.684. The summed E-state index contributed by atoms with van der Waals surface area (Å²) < 4.78 is 0. The molecule has 0 bridgehead atoms. The van der Waals surface area contributed by atoms with Gasteiger partial charge in [0.25, 0.3) is 0 Å². The lowest BCUT2D eigenvalue weighted by Crippen LogP contribution is -1.87. The van der Waals surface area contributed by atoms with Crippen LogP contribution in [-0.2, 0) is 0 Å². The Morgan fingerprint density at radius 3 is 2.47 bits per heavy atom. The third kappa shape index (κ3) is 1.31. The number of benzene rings is 2. The number of hydrazone groups is 1. The van der Waals surface area contributed by atoms with Gasteiger partial charge in [0, 0.05) is 11.1 Å². The second kappa shape index (κ2) is 3.24. The number of anilines is 1. The van der Waals surface area contributed by atoms with Crippen LogP contribution in [0.5, 0.6) is 0 Å². The van der Waals surface area contributed by atoms with Gasteiger partial charge in [-0.1, -0.05) is 42.5 Å². The highest BCUT2D eigenvalue weighted by molar-refractivity contribution is 5.95. The van der Waals surface area contributed by atoms with Gasteiger partial charge in [-0.2, -0.15) is 5.10 Å². The standard InChI is InChI=1S/C13H10N2/c1-2-6-11-10(5-1)9-14-15-13-8-4-3-7-12(11)13/h1-9,15H. The number of nitrogens with one attached hydrogen (secondary N) is 1. The van der Waals surface area contributed by atoms with E-state index in [0.717, 1.165) is 11.3 Å². The molecule has 0 amide bonds. The van der Waals surface area contributed by atoms with E-state index in [4.69, 9.17) is 0 Å². The van der Waals surface area contributed by atoms with E-state index in [-0.39, 0.29) is 0 Å². The second-order valence-electron chi connectivity index (χ2n) is 3.50. The highest BCUT2D eigenvalue weighted by atomic mass is 15.3. The number of hydrogen-bond acceptors (Lipinski definition) is 2. The van der Waals surface area contributed by atoms with Gasteiger partial charge in [-0.15, -0.1) is 0 Å². The Hall–Kier alpha value is -2.09. The van der Waals surface area contributed by atoms with Crippen molar-refractivity contribution in [3.63, 3.8) is 0 Å². The molecule has 0 radical (unpaired) electrons. The molecule has 0 aliphatic carbocycles. The monoisotopic (exact) mass is 194 g/mol. The summed E-state index contributed by atoms with van der Waals surface area (Å²) in [5.74, 6) is 0. The fourth-order valence-corrected chi connectivity index (χ4v) is 1.84. The Balaban J connectivity index is 2.33. The van der Waals surface area contributed by atoms with Crippen LogP contribution < -0.4 is 5.43 Å². The summed E-state index contributed by atoms with van der Waals surface area (Å²) in [5.41, 5.74) is 7.67. The fourth-order valence-electron chi connectivity index (χ4n) is 1.84. The van der Waals surface area contributed by atoms with Gasteiger partial charge in [-0.3, -0.25) is 5.43 Å². The molecule has 0 aromatic heterocycles. The molecule has 3 rings (SSSR count). The maximum absolute atomic E-state index is 4.18. The van der Waals surface area contributed by atoms with E-state index < -0.39 is 0 Å². The zero-order valence-electron chi connectivity index (χ0n) is 8.14. The molecule has 2 aromatic carbocycles. The molecule has 1 heterocycles. The zero-order chi connectivity index (χ0) is 10.1. The third-order valence-corrected chi connectivity index (χ3v) is 2.57. The first-order valence-electron chi connectivity index (χ1n) is 4.93.